The SMILES string of the molecule is Cl.O=C(CNCc1ccc(Br)o1)NC1CC1. The Bertz CT molecular complexity index is 352. The Kier molecular flexibility index (Phi) is 5.31. The molecule has 0 bridgehead atoms. The van der Waals surface area contributed by atoms with Gasteiger partial charge in [0.15, 0.2) is 4.67 Å². The summed E-state index contributed by atoms with van der Waals surface area (Å²) in [5.74, 6) is 0.879. The number of carbonyl (C=O) groups excluding carboxylic acids is 1. The van der Waals surface area contributed by atoms with Crippen LogP contribution in [-0.2, 0) is 11.3 Å². The Labute approximate surface area is 109 Å². The van der Waals surface area contributed by atoms with Gasteiger partial charge in [-0.1, -0.05) is 0 Å². The predicted octanol–water partition coefficient (Wildman–Crippen LogP) is 1.83. The molecule has 1 amide bonds. The fourth-order valence-corrected chi connectivity index (χ4v) is 1.59. The van der Waals surface area contributed by atoms with Gasteiger partial charge in [-0.15, -0.1) is 12.4 Å². The zero-order chi connectivity index (χ0) is 10.7. The molecule has 2 N–H and O–H groups in total. The monoisotopic (exact) mass is 308 g/mol. The third kappa shape index (κ3) is 4.55. The molecule has 0 atom stereocenters. The number of carbonyl (C=O) groups is 1. The van der Waals surface area contributed by atoms with Crippen molar-refractivity contribution in [3.63, 3.8) is 0 Å². The highest BCUT2D eigenvalue weighted by Crippen LogP contribution is 2.18. The highest BCUT2D eigenvalue weighted by Gasteiger charge is 2.22. The first kappa shape index (κ1) is 13.5. The van der Waals surface area contributed by atoms with Crippen molar-refractivity contribution >= 4 is 34.2 Å². The van der Waals surface area contributed by atoms with E-state index in [2.05, 4.69) is 26.6 Å². The second-order valence-electron chi connectivity index (χ2n) is 3.65. The zero-order valence-electron chi connectivity index (χ0n) is 8.66. The van der Waals surface area contributed by atoms with Crippen LogP contribution >= 0.6 is 28.3 Å². The van der Waals surface area contributed by atoms with Crippen LogP contribution in [0.25, 0.3) is 0 Å². The average Bonchev–Trinajstić information content (AvgIpc) is 2.89. The second-order valence-corrected chi connectivity index (χ2v) is 4.43. The maximum Gasteiger partial charge on any atom is 0.234 e. The lowest BCUT2D eigenvalue weighted by Crippen LogP contribution is -2.34. The molecule has 4 nitrogen and oxygen atoms in total. The van der Waals surface area contributed by atoms with Crippen molar-refractivity contribution in [1.82, 2.24) is 10.6 Å². The number of hydrogen-bond donors (Lipinski definition) is 2. The number of amides is 1. The van der Waals surface area contributed by atoms with E-state index in [1.165, 1.54) is 0 Å². The summed E-state index contributed by atoms with van der Waals surface area (Å²) in [7, 11) is 0. The number of rotatable bonds is 5. The first-order valence-corrected chi connectivity index (χ1v) is 5.77. The van der Waals surface area contributed by atoms with E-state index in [1.807, 2.05) is 12.1 Å². The van der Waals surface area contributed by atoms with Gasteiger partial charge < -0.3 is 15.1 Å². The number of halogens is 2. The van der Waals surface area contributed by atoms with Crippen molar-refractivity contribution in [2.75, 3.05) is 6.54 Å². The van der Waals surface area contributed by atoms with Crippen molar-refractivity contribution in [2.45, 2.75) is 25.4 Å². The lowest BCUT2D eigenvalue weighted by atomic mass is 10.4. The molecule has 0 aromatic carbocycles. The summed E-state index contributed by atoms with van der Waals surface area (Å²) in [6.45, 7) is 0.915. The Morgan fingerprint density at radius 2 is 2.25 bits per heavy atom. The standard InChI is InChI=1S/C10H13BrN2O2.ClH/c11-9-4-3-8(15-9)5-12-6-10(14)13-7-1-2-7;/h3-4,7,12H,1-2,5-6H2,(H,13,14);1H. The molecule has 1 aliphatic rings. The minimum atomic E-state index is 0. The van der Waals surface area contributed by atoms with Crippen LogP contribution in [0.5, 0.6) is 0 Å². The maximum absolute atomic E-state index is 11.3. The van der Waals surface area contributed by atoms with Crippen molar-refractivity contribution in [3.8, 4) is 0 Å². The summed E-state index contributed by atoms with van der Waals surface area (Å²) in [6, 6.07) is 4.13. The molecular weight excluding hydrogens is 295 g/mol. The molecule has 0 unspecified atom stereocenters. The van der Waals surface area contributed by atoms with Crippen LogP contribution in [0, 0.1) is 0 Å². The summed E-state index contributed by atoms with van der Waals surface area (Å²) in [6.07, 6.45) is 2.24. The van der Waals surface area contributed by atoms with E-state index in [4.69, 9.17) is 4.42 Å². The Hall–Kier alpha value is -0.520. The highest BCUT2D eigenvalue weighted by atomic mass is 79.9. The van der Waals surface area contributed by atoms with E-state index in [1.54, 1.807) is 0 Å². The summed E-state index contributed by atoms with van der Waals surface area (Å²) in [4.78, 5) is 11.3. The first-order chi connectivity index (χ1) is 7.24. The highest BCUT2D eigenvalue weighted by molar-refractivity contribution is 9.10. The van der Waals surface area contributed by atoms with Crippen LogP contribution in [0.3, 0.4) is 0 Å². The van der Waals surface area contributed by atoms with Gasteiger partial charge in [0.1, 0.15) is 5.76 Å². The zero-order valence-corrected chi connectivity index (χ0v) is 11.1. The van der Waals surface area contributed by atoms with E-state index in [0.29, 0.717) is 23.8 Å². The normalized spacial score (nSPS) is 14.3. The van der Waals surface area contributed by atoms with Gasteiger partial charge in [0.2, 0.25) is 5.91 Å². The van der Waals surface area contributed by atoms with Gasteiger partial charge in [-0.05, 0) is 40.9 Å². The lowest BCUT2D eigenvalue weighted by Gasteiger charge is -2.03. The van der Waals surface area contributed by atoms with Gasteiger partial charge in [-0.25, -0.2) is 0 Å². The predicted molar refractivity (Wildman–Crippen MR) is 66.5 cm³/mol. The summed E-state index contributed by atoms with van der Waals surface area (Å²) in [5.41, 5.74) is 0. The van der Waals surface area contributed by atoms with Gasteiger partial charge in [-0.3, -0.25) is 4.79 Å². The molecule has 1 aromatic rings. The van der Waals surface area contributed by atoms with Crippen LogP contribution in [0.4, 0.5) is 0 Å². The van der Waals surface area contributed by atoms with Crippen molar-refractivity contribution < 1.29 is 9.21 Å². The molecule has 16 heavy (non-hydrogen) atoms. The number of hydrogen-bond acceptors (Lipinski definition) is 3. The van der Waals surface area contributed by atoms with E-state index in [9.17, 15) is 4.79 Å². The smallest absolute Gasteiger partial charge is 0.234 e. The molecule has 1 fully saturated rings. The molecule has 0 spiro atoms. The van der Waals surface area contributed by atoms with E-state index in [0.717, 1.165) is 18.6 Å². The van der Waals surface area contributed by atoms with Crippen LogP contribution in [0.15, 0.2) is 21.2 Å². The summed E-state index contributed by atoms with van der Waals surface area (Å²) < 4.78 is 5.99. The minimum absolute atomic E-state index is 0. The third-order valence-electron chi connectivity index (χ3n) is 2.16. The molecule has 1 aromatic heterocycles. The second kappa shape index (κ2) is 6.27. The number of furan rings is 1. The quantitative estimate of drug-likeness (QED) is 0.872. The molecule has 6 heteroatoms. The van der Waals surface area contributed by atoms with Gasteiger partial charge in [-0.2, -0.15) is 0 Å². The molecule has 0 radical (unpaired) electrons. The maximum atomic E-state index is 11.3. The average molecular weight is 310 g/mol. The minimum Gasteiger partial charge on any atom is -0.453 e. The van der Waals surface area contributed by atoms with E-state index in [-0.39, 0.29) is 18.3 Å². The van der Waals surface area contributed by atoms with Crippen LogP contribution in [0.2, 0.25) is 0 Å². The molecule has 1 heterocycles. The van der Waals surface area contributed by atoms with Gasteiger partial charge in [0.25, 0.3) is 0 Å². The van der Waals surface area contributed by atoms with Crippen LogP contribution < -0.4 is 10.6 Å². The Morgan fingerprint density at radius 3 is 2.81 bits per heavy atom. The molecule has 0 aliphatic heterocycles. The molecule has 0 saturated heterocycles. The molecule has 1 saturated carbocycles. The lowest BCUT2D eigenvalue weighted by molar-refractivity contribution is -0.120. The Morgan fingerprint density at radius 1 is 1.50 bits per heavy atom. The van der Waals surface area contributed by atoms with Crippen LogP contribution in [0.1, 0.15) is 18.6 Å². The van der Waals surface area contributed by atoms with Gasteiger partial charge in [0, 0.05) is 6.04 Å². The largest absolute Gasteiger partial charge is 0.453 e. The summed E-state index contributed by atoms with van der Waals surface area (Å²) in [5, 5.41) is 5.93. The van der Waals surface area contributed by atoms with Gasteiger partial charge >= 0.3 is 0 Å². The van der Waals surface area contributed by atoms with Crippen molar-refractivity contribution in [2.24, 2.45) is 0 Å². The molecular formula is C10H14BrClN2O2. The van der Waals surface area contributed by atoms with Gasteiger partial charge in [0.05, 0.1) is 13.1 Å². The third-order valence-corrected chi connectivity index (χ3v) is 2.58. The molecule has 1 aliphatic carbocycles. The fraction of sp³-hybridized carbons (Fsp3) is 0.500. The van der Waals surface area contributed by atoms with E-state index < -0.39 is 0 Å². The first-order valence-electron chi connectivity index (χ1n) is 4.98. The van der Waals surface area contributed by atoms with Crippen molar-refractivity contribution in [3.05, 3.63) is 22.6 Å². The molecule has 2 rings (SSSR count). The van der Waals surface area contributed by atoms with Crippen LogP contribution in [-0.4, -0.2) is 18.5 Å². The topological polar surface area (TPSA) is 54.3 Å². The molecule has 90 valence electrons. The van der Waals surface area contributed by atoms with Crippen molar-refractivity contribution in [1.29, 1.82) is 0 Å². The number of nitrogens with one attached hydrogen (secondary N) is 2. The summed E-state index contributed by atoms with van der Waals surface area (Å²) >= 11 is 3.22. The Balaban J connectivity index is 0.00000128. The fourth-order valence-electron chi connectivity index (χ4n) is 1.25. The van der Waals surface area contributed by atoms with E-state index >= 15 is 0 Å².